The number of carbonyl (C=O) groups is 2. The van der Waals surface area contributed by atoms with Crippen molar-refractivity contribution in [2.45, 2.75) is 20.3 Å². The Morgan fingerprint density at radius 1 is 1.16 bits per heavy atom. The van der Waals surface area contributed by atoms with Crippen molar-refractivity contribution in [1.29, 1.82) is 0 Å². The number of hydrogen-bond acceptors (Lipinski definition) is 2. The summed E-state index contributed by atoms with van der Waals surface area (Å²) >= 11 is 6.07. The van der Waals surface area contributed by atoms with Crippen LogP contribution in [0.3, 0.4) is 0 Å². The molecule has 25 heavy (non-hydrogen) atoms. The molecular formula is C18H17ClF2N2O2. The van der Waals surface area contributed by atoms with Gasteiger partial charge in [0.15, 0.2) is 0 Å². The van der Waals surface area contributed by atoms with E-state index in [0.717, 1.165) is 17.7 Å². The van der Waals surface area contributed by atoms with Crippen LogP contribution in [0.25, 0.3) is 0 Å². The molecule has 2 aromatic rings. The van der Waals surface area contributed by atoms with E-state index in [2.05, 4.69) is 5.32 Å². The van der Waals surface area contributed by atoms with Crippen LogP contribution in [-0.4, -0.2) is 18.4 Å². The Bertz CT molecular complexity index is 791. The Kier molecular flexibility index (Phi) is 6.09. The lowest BCUT2D eigenvalue weighted by Gasteiger charge is -2.21. The van der Waals surface area contributed by atoms with Crippen molar-refractivity contribution in [3.8, 4) is 0 Å². The minimum absolute atomic E-state index is 0.0522. The zero-order valence-electron chi connectivity index (χ0n) is 13.8. The van der Waals surface area contributed by atoms with Crippen molar-refractivity contribution in [3.05, 3.63) is 58.6 Å². The lowest BCUT2D eigenvalue weighted by molar-refractivity contribution is -0.117. The van der Waals surface area contributed by atoms with Crippen molar-refractivity contribution in [1.82, 2.24) is 0 Å². The molecule has 4 nitrogen and oxygen atoms in total. The summed E-state index contributed by atoms with van der Waals surface area (Å²) < 4.78 is 27.1. The summed E-state index contributed by atoms with van der Waals surface area (Å²) in [5.74, 6) is -2.59. The van der Waals surface area contributed by atoms with Gasteiger partial charge < -0.3 is 10.2 Å². The number of nitrogens with one attached hydrogen (secondary N) is 1. The van der Waals surface area contributed by atoms with Crippen LogP contribution in [0.5, 0.6) is 0 Å². The summed E-state index contributed by atoms with van der Waals surface area (Å²) in [4.78, 5) is 25.2. The van der Waals surface area contributed by atoms with Crippen LogP contribution in [0.2, 0.25) is 5.02 Å². The van der Waals surface area contributed by atoms with Gasteiger partial charge in [-0.2, -0.15) is 0 Å². The molecule has 0 aliphatic rings. The number of rotatable bonds is 5. The van der Waals surface area contributed by atoms with Crippen molar-refractivity contribution in [2.24, 2.45) is 0 Å². The molecule has 7 heteroatoms. The molecule has 0 bridgehead atoms. The lowest BCUT2D eigenvalue weighted by atomic mass is 10.2. The average molecular weight is 367 g/mol. The van der Waals surface area contributed by atoms with E-state index in [4.69, 9.17) is 11.6 Å². The molecule has 0 fully saturated rings. The fraction of sp³-hybridized carbons (Fsp3) is 0.222. The highest BCUT2D eigenvalue weighted by Crippen LogP contribution is 2.24. The molecule has 132 valence electrons. The van der Waals surface area contributed by atoms with E-state index in [1.54, 1.807) is 18.2 Å². The van der Waals surface area contributed by atoms with Gasteiger partial charge in [0, 0.05) is 30.6 Å². The van der Waals surface area contributed by atoms with Gasteiger partial charge in [0.1, 0.15) is 17.3 Å². The second kappa shape index (κ2) is 8.07. The van der Waals surface area contributed by atoms with E-state index < -0.39 is 23.2 Å². The number of amides is 2. The number of hydrogen-bond donors (Lipinski definition) is 1. The predicted octanol–water partition coefficient (Wildman–Crippen LogP) is 4.31. The Morgan fingerprint density at radius 3 is 2.36 bits per heavy atom. The minimum atomic E-state index is -0.859. The molecule has 0 aromatic heterocycles. The SMILES string of the molecule is CC(=O)N(CCC(=O)Nc1c(F)cccc1F)c1ccc(C)c(Cl)c1. The molecule has 0 unspecified atom stereocenters. The van der Waals surface area contributed by atoms with Crippen molar-refractivity contribution >= 4 is 34.8 Å². The molecule has 0 aliphatic heterocycles. The van der Waals surface area contributed by atoms with Crippen molar-refractivity contribution < 1.29 is 18.4 Å². The lowest BCUT2D eigenvalue weighted by Crippen LogP contribution is -2.32. The van der Waals surface area contributed by atoms with E-state index in [1.807, 2.05) is 6.92 Å². The van der Waals surface area contributed by atoms with Crippen LogP contribution in [0.4, 0.5) is 20.2 Å². The first-order chi connectivity index (χ1) is 11.8. The van der Waals surface area contributed by atoms with Gasteiger partial charge in [0.25, 0.3) is 0 Å². The largest absolute Gasteiger partial charge is 0.321 e. The van der Waals surface area contributed by atoms with Gasteiger partial charge in [-0.15, -0.1) is 0 Å². The third kappa shape index (κ3) is 4.76. The number of anilines is 2. The molecule has 1 N–H and O–H groups in total. The molecule has 0 saturated heterocycles. The maximum atomic E-state index is 13.6. The number of para-hydroxylation sites is 1. The fourth-order valence-corrected chi connectivity index (χ4v) is 2.43. The minimum Gasteiger partial charge on any atom is -0.321 e. The summed E-state index contributed by atoms with van der Waals surface area (Å²) in [5.41, 5.74) is 0.912. The van der Waals surface area contributed by atoms with Crippen LogP contribution in [0.15, 0.2) is 36.4 Å². The zero-order chi connectivity index (χ0) is 18.6. The smallest absolute Gasteiger partial charge is 0.226 e. The molecule has 0 radical (unpaired) electrons. The maximum Gasteiger partial charge on any atom is 0.226 e. The Hall–Kier alpha value is -2.47. The highest BCUT2D eigenvalue weighted by Gasteiger charge is 2.16. The first-order valence-electron chi connectivity index (χ1n) is 7.57. The Labute approximate surface area is 149 Å². The van der Waals surface area contributed by atoms with Crippen LogP contribution >= 0.6 is 11.6 Å². The molecule has 0 heterocycles. The molecule has 2 amide bonds. The molecule has 2 rings (SSSR count). The van der Waals surface area contributed by atoms with Gasteiger partial charge >= 0.3 is 0 Å². The van der Waals surface area contributed by atoms with E-state index in [1.165, 1.54) is 17.9 Å². The fourth-order valence-electron chi connectivity index (χ4n) is 2.25. The number of carbonyl (C=O) groups excluding carboxylic acids is 2. The van der Waals surface area contributed by atoms with Crippen LogP contribution in [0, 0.1) is 18.6 Å². The molecule has 0 saturated carbocycles. The number of nitrogens with zero attached hydrogens (tertiary/aromatic N) is 1. The van der Waals surface area contributed by atoms with Gasteiger partial charge in [-0.25, -0.2) is 8.78 Å². The zero-order valence-corrected chi connectivity index (χ0v) is 14.5. The first kappa shape index (κ1) is 18.9. The quantitative estimate of drug-likeness (QED) is 0.857. The highest BCUT2D eigenvalue weighted by atomic mass is 35.5. The highest BCUT2D eigenvalue weighted by molar-refractivity contribution is 6.31. The van der Waals surface area contributed by atoms with Crippen LogP contribution in [-0.2, 0) is 9.59 Å². The molecule has 0 aliphatic carbocycles. The van der Waals surface area contributed by atoms with Gasteiger partial charge in [-0.05, 0) is 36.8 Å². The molecule has 0 spiro atoms. The normalized spacial score (nSPS) is 10.4. The molecule has 0 atom stereocenters. The summed E-state index contributed by atoms with van der Waals surface area (Å²) in [6.45, 7) is 3.25. The van der Waals surface area contributed by atoms with Crippen molar-refractivity contribution in [2.75, 3.05) is 16.8 Å². The third-order valence-corrected chi connectivity index (χ3v) is 4.04. The summed E-state index contributed by atoms with van der Waals surface area (Å²) in [6.07, 6.45) is -0.126. The maximum absolute atomic E-state index is 13.6. The first-order valence-corrected chi connectivity index (χ1v) is 7.95. The monoisotopic (exact) mass is 366 g/mol. The third-order valence-electron chi connectivity index (χ3n) is 3.64. The van der Waals surface area contributed by atoms with E-state index in [9.17, 15) is 18.4 Å². The topological polar surface area (TPSA) is 49.4 Å². The number of halogens is 3. The average Bonchev–Trinajstić information content (AvgIpc) is 2.54. The Balaban J connectivity index is 2.07. The second-order valence-electron chi connectivity index (χ2n) is 5.50. The van der Waals surface area contributed by atoms with E-state index in [0.29, 0.717) is 10.7 Å². The van der Waals surface area contributed by atoms with E-state index >= 15 is 0 Å². The predicted molar refractivity (Wildman–Crippen MR) is 93.8 cm³/mol. The standard InChI is InChI=1S/C18H17ClF2N2O2/c1-11-6-7-13(10-14(11)19)23(12(2)24)9-8-17(25)22-18-15(20)4-3-5-16(18)21/h3-7,10H,8-9H2,1-2H3,(H,22,25). The van der Waals surface area contributed by atoms with Crippen LogP contribution < -0.4 is 10.2 Å². The summed E-state index contributed by atoms with van der Waals surface area (Å²) in [7, 11) is 0. The number of benzene rings is 2. The molecular weight excluding hydrogens is 350 g/mol. The van der Waals surface area contributed by atoms with Gasteiger partial charge in [-0.1, -0.05) is 23.7 Å². The van der Waals surface area contributed by atoms with Gasteiger partial charge in [-0.3, -0.25) is 9.59 Å². The Morgan fingerprint density at radius 2 is 1.80 bits per heavy atom. The molecule has 2 aromatic carbocycles. The van der Waals surface area contributed by atoms with E-state index in [-0.39, 0.29) is 18.9 Å². The van der Waals surface area contributed by atoms with Crippen molar-refractivity contribution in [3.63, 3.8) is 0 Å². The number of aryl methyl sites for hydroxylation is 1. The van der Waals surface area contributed by atoms with Gasteiger partial charge in [0.2, 0.25) is 11.8 Å². The summed E-state index contributed by atoms with van der Waals surface area (Å²) in [6, 6.07) is 8.43. The van der Waals surface area contributed by atoms with Crippen LogP contribution in [0.1, 0.15) is 18.9 Å². The summed E-state index contributed by atoms with van der Waals surface area (Å²) in [5, 5.41) is 2.69. The second-order valence-corrected chi connectivity index (χ2v) is 5.91. The van der Waals surface area contributed by atoms with Gasteiger partial charge in [0.05, 0.1) is 0 Å².